The van der Waals surface area contributed by atoms with Gasteiger partial charge >= 0.3 is 16.4 Å². The Bertz CT molecular complexity index is 2500. The van der Waals surface area contributed by atoms with Crippen molar-refractivity contribution >= 4 is 113 Å². The smallest absolute Gasteiger partial charge is 0.387 e. The third kappa shape index (κ3) is 8.47. The standard InChI is InChI=1S/C44H61NO8P2Si4/c1-44(2)48-42-37(45-54-50-38-28(19-15-23-33(38)56(3,4)5)29-20-16-24-34(39(29)51-54)57(6,7)8)32(47-43(42)49-44)27-46-55-52-40-30(21-17-25-35(40)58(9,10)11)31-22-18-26-36(41(31)53-55)59(12,13)14/h15-26,32,37,42-43,45H,27H2,1-14H3/t32-,37-,42-,43-/m1/s1. The van der Waals surface area contributed by atoms with Gasteiger partial charge in [-0.05, 0) is 34.6 Å². The highest BCUT2D eigenvalue weighted by Crippen LogP contribution is 2.43. The Hall–Kier alpha value is -2.65. The van der Waals surface area contributed by atoms with Gasteiger partial charge in [-0.1, -0.05) is 151 Å². The lowest BCUT2D eigenvalue weighted by Gasteiger charge is -2.25. The van der Waals surface area contributed by atoms with E-state index in [9.17, 15) is 0 Å². The van der Waals surface area contributed by atoms with Gasteiger partial charge in [0, 0.05) is 21.5 Å². The zero-order valence-electron chi connectivity index (χ0n) is 37.1. The molecular weight excluding hydrogens is 845 g/mol. The minimum atomic E-state index is -1.89. The van der Waals surface area contributed by atoms with Gasteiger partial charge in [-0.15, -0.1) is 0 Å². The summed E-state index contributed by atoms with van der Waals surface area (Å²) in [5.74, 6) is -0.833. The normalized spacial score (nSPS) is 21.2. The minimum Gasteiger partial charge on any atom is -0.408 e. The second-order valence-corrected chi connectivity index (χ2v) is 43.0. The zero-order valence-corrected chi connectivity index (χ0v) is 42.9. The highest BCUT2D eigenvalue weighted by molar-refractivity contribution is 7.38. The number of ether oxygens (including phenoxy) is 3. The highest BCUT2D eigenvalue weighted by atomic mass is 31.1. The molecule has 0 radical (unpaired) electrons. The van der Waals surface area contributed by atoms with E-state index in [1.165, 1.54) is 20.7 Å². The van der Waals surface area contributed by atoms with Gasteiger partial charge in [0.15, 0.2) is 12.1 Å². The van der Waals surface area contributed by atoms with Gasteiger partial charge in [0.25, 0.3) is 0 Å². The maximum absolute atomic E-state index is 7.11. The summed E-state index contributed by atoms with van der Waals surface area (Å²) in [4.78, 5) is 0. The minimum absolute atomic E-state index is 0.162. The molecule has 2 aliphatic heterocycles. The molecule has 316 valence electrons. The quantitative estimate of drug-likeness (QED) is 0.142. The highest BCUT2D eigenvalue weighted by Gasteiger charge is 2.55. The van der Waals surface area contributed by atoms with E-state index in [-0.39, 0.29) is 6.61 Å². The van der Waals surface area contributed by atoms with Crippen LogP contribution in [0.25, 0.3) is 43.9 Å². The molecule has 15 heteroatoms. The summed E-state index contributed by atoms with van der Waals surface area (Å²) in [5, 5.41) is 13.0. The average Bonchev–Trinajstić information content (AvgIpc) is 3.44. The average molecular weight is 906 g/mol. The van der Waals surface area contributed by atoms with Crippen molar-refractivity contribution in [2.75, 3.05) is 11.7 Å². The molecule has 1 N–H and O–H groups in total. The van der Waals surface area contributed by atoms with Crippen LogP contribution in [0.1, 0.15) is 13.8 Å². The van der Waals surface area contributed by atoms with E-state index < -0.39 is 79.0 Å². The molecule has 9 nitrogen and oxygen atoms in total. The van der Waals surface area contributed by atoms with E-state index in [0.717, 1.165) is 43.9 Å². The number of nitrogens with one attached hydrogen (secondary N) is 1. The molecule has 0 saturated carbocycles. The van der Waals surface area contributed by atoms with Crippen LogP contribution in [0.5, 0.6) is 0 Å². The van der Waals surface area contributed by atoms with E-state index in [1.54, 1.807) is 0 Å². The lowest BCUT2D eigenvalue weighted by Crippen LogP contribution is -2.42. The molecule has 0 bridgehead atoms. The Morgan fingerprint density at radius 1 is 0.542 bits per heavy atom. The van der Waals surface area contributed by atoms with Crippen molar-refractivity contribution in [3.63, 3.8) is 0 Å². The molecule has 2 saturated heterocycles. The van der Waals surface area contributed by atoms with Gasteiger partial charge in [0.2, 0.25) is 0 Å². The molecule has 2 aliphatic rings. The van der Waals surface area contributed by atoms with Crippen LogP contribution in [0, 0.1) is 0 Å². The predicted molar refractivity (Wildman–Crippen MR) is 258 cm³/mol. The Labute approximate surface area is 354 Å². The predicted octanol–water partition coefficient (Wildman–Crippen LogP) is 11.0. The van der Waals surface area contributed by atoms with Crippen LogP contribution >= 0.6 is 16.4 Å². The maximum atomic E-state index is 7.11. The molecule has 4 atom stereocenters. The number of fused-ring (bicyclic) bond motifs is 7. The fourth-order valence-corrected chi connectivity index (χ4v) is 17.1. The molecule has 0 aliphatic carbocycles. The summed E-state index contributed by atoms with van der Waals surface area (Å²) >= 11 is 0. The van der Waals surface area contributed by atoms with Gasteiger partial charge in [-0.3, -0.25) is 4.52 Å². The van der Waals surface area contributed by atoms with Gasteiger partial charge < -0.3 is 31.0 Å². The molecule has 0 unspecified atom stereocenters. The van der Waals surface area contributed by atoms with Crippen LogP contribution in [0.15, 0.2) is 89.6 Å². The first-order valence-corrected chi connectivity index (χ1v) is 37.0. The van der Waals surface area contributed by atoms with Crippen LogP contribution < -0.4 is 30.4 Å². The van der Waals surface area contributed by atoms with Gasteiger partial charge in [0.05, 0.1) is 44.9 Å². The number of benzene rings is 4. The molecule has 0 amide bonds. The van der Waals surface area contributed by atoms with Gasteiger partial charge in [-0.25, -0.2) is 5.09 Å². The van der Waals surface area contributed by atoms with E-state index in [0.29, 0.717) is 0 Å². The first kappa shape index (κ1) is 43.0. The topological polar surface area (TPSA) is 102 Å². The molecule has 0 spiro atoms. The van der Waals surface area contributed by atoms with Crippen LogP contribution in [-0.2, 0) is 14.2 Å². The van der Waals surface area contributed by atoms with E-state index >= 15 is 0 Å². The van der Waals surface area contributed by atoms with Crippen molar-refractivity contribution in [3.8, 4) is 0 Å². The first-order valence-electron chi connectivity index (χ1n) is 20.8. The molecule has 2 aromatic heterocycles. The summed E-state index contributed by atoms with van der Waals surface area (Å²) < 4.78 is 54.5. The van der Waals surface area contributed by atoms with Crippen molar-refractivity contribution < 1.29 is 35.5 Å². The lowest BCUT2D eigenvalue weighted by molar-refractivity contribution is -0.207. The van der Waals surface area contributed by atoms with Crippen LogP contribution in [0.2, 0.25) is 78.6 Å². The molecule has 59 heavy (non-hydrogen) atoms. The van der Waals surface area contributed by atoms with Gasteiger partial charge in [-0.2, -0.15) is 0 Å². The zero-order chi connectivity index (χ0) is 42.4. The van der Waals surface area contributed by atoms with Crippen molar-refractivity contribution in [2.45, 2.75) is 123 Å². The third-order valence-electron chi connectivity index (χ3n) is 11.3. The molecule has 6 aromatic rings. The third-order valence-corrected chi connectivity index (χ3v) is 21.6. The van der Waals surface area contributed by atoms with Gasteiger partial charge in [0.1, 0.15) is 34.5 Å². The Morgan fingerprint density at radius 3 is 1.29 bits per heavy atom. The Kier molecular flexibility index (Phi) is 11.2. The van der Waals surface area contributed by atoms with Crippen LogP contribution in [0.3, 0.4) is 0 Å². The molecule has 4 heterocycles. The summed E-state index contributed by atoms with van der Waals surface area (Å²) in [5.41, 5.74) is 3.49. The fraction of sp³-hybridized carbons (Fsp3) is 0.455. The number of hydrogen-bond acceptors (Lipinski definition) is 9. The van der Waals surface area contributed by atoms with Crippen molar-refractivity contribution in [2.24, 2.45) is 0 Å². The van der Waals surface area contributed by atoms with Crippen molar-refractivity contribution in [1.29, 1.82) is 0 Å². The lowest BCUT2D eigenvalue weighted by atomic mass is 10.1. The Balaban J connectivity index is 1.27. The first-order chi connectivity index (χ1) is 27.5. The molecular formula is C44H61NO8P2Si4. The summed E-state index contributed by atoms with van der Waals surface area (Å²) in [6.07, 6.45) is -1.57. The monoisotopic (exact) mass is 905 g/mol. The molecule has 8 rings (SSSR count). The Morgan fingerprint density at radius 2 is 0.915 bits per heavy atom. The van der Waals surface area contributed by atoms with E-state index in [2.05, 4.69) is 156 Å². The summed E-state index contributed by atoms with van der Waals surface area (Å²) in [7, 11) is -11.0. The van der Waals surface area contributed by atoms with Crippen LogP contribution in [0.4, 0.5) is 0 Å². The molecule has 4 aromatic carbocycles. The van der Waals surface area contributed by atoms with Crippen molar-refractivity contribution in [1.82, 2.24) is 0 Å². The van der Waals surface area contributed by atoms with E-state index in [4.69, 9.17) is 35.5 Å². The SMILES string of the molecule is CC1(C)O[C@H]2O[C@H](COp3oc4c([Si](C)(C)C)cccc4c4cccc([Si](C)(C)C)c4o3)[C@@H](Np3oc4c([Si](C)(C)C)cccc4c4cccc([Si](C)(C)C)c4o3)[C@H]2O1. The second kappa shape index (κ2) is 15.3. The van der Waals surface area contributed by atoms with Crippen LogP contribution in [-0.4, -0.2) is 69.2 Å². The van der Waals surface area contributed by atoms with E-state index in [1.807, 2.05) is 13.8 Å². The maximum Gasteiger partial charge on any atom is 0.387 e. The molecule has 2 fully saturated rings. The van der Waals surface area contributed by atoms with Crippen molar-refractivity contribution in [3.05, 3.63) is 72.8 Å². The summed E-state index contributed by atoms with van der Waals surface area (Å²) in [6.45, 7) is 32.2. The largest absolute Gasteiger partial charge is 0.408 e. The second-order valence-electron chi connectivity index (χ2n) is 20.7. The number of rotatable bonds is 9. The summed E-state index contributed by atoms with van der Waals surface area (Å²) in [6, 6.07) is 25.7. The number of para-hydroxylation sites is 4. The fourth-order valence-electron chi connectivity index (χ4n) is 8.34. The number of hydrogen-bond donors (Lipinski definition) is 1.